The highest BCUT2D eigenvalue weighted by Gasteiger charge is 2.10. The van der Waals surface area contributed by atoms with Crippen molar-refractivity contribution in [1.82, 2.24) is 0 Å². The van der Waals surface area contributed by atoms with Gasteiger partial charge in [-0.15, -0.1) is 0 Å². The van der Waals surface area contributed by atoms with E-state index in [1.165, 1.54) is 32.3 Å². The monoisotopic (exact) mass is 429 g/mol. The molecule has 0 radical (unpaired) electrons. The minimum Gasteiger partial charge on any atom is -0.368 e. The summed E-state index contributed by atoms with van der Waals surface area (Å²) in [5, 5.41) is 7.49. The molecule has 0 N–H and O–H groups in total. The molecule has 0 amide bonds. The number of hydrogen-bond acceptors (Lipinski definition) is 2. The fourth-order valence-corrected chi connectivity index (χ4v) is 4.78. The molecule has 0 fully saturated rings. The van der Waals surface area contributed by atoms with Gasteiger partial charge in [0.15, 0.2) is 0 Å². The van der Waals surface area contributed by atoms with E-state index in [0.717, 1.165) is 42.7 Å². The van der Waals surface area contributed by atoms with Crippen LogP contribution in [-0.2, 0) is 0 Å². The van der Waals surface area contributed by atoms with Crippen LogP contribution in [0.15, 0.2) is 83.7 Å². The van der Waals surface area contributed by atoms with Crippen molar-refractivity contribution in [3.05, 3.63) is 100 Å². The van der Waals surface area contributed by atoms with Gasteiger partial charge in [0.1, 0.15) is 0 Å². The standard InChI is InChI=1S/C31H27NO/c1-3-20-32(21-4-2)28-18-9-22(10-19-29(28)33)8-11-23-12-13-26-15-14-24-6-5-7-25-16-17-27(23)31(26)30(24)25/h5-7,9-10,12-19H,3-4,20-21H2,1-2H3. The maximum absolute atomic E-state index is 12.7. The highest BCUT2D eigenvalue weighted by molar-refractivity contribution is 6.23. The average Bonchev–Trinajstić information content (AvgIpc) is 3.02. The number of anilines is 1. The molecule has 0 spiro atoms. The summed E-state index contributed by atoms with van der Waals surface area (Å²) in [5.41, 5.74) is 2.66. The zero-order valence-corrected chi connectivity index (χ0v) is 19.2. The molecule has 0 heterocycles. The Morgan fingerprint density at radius 3 is 2.03 bits per heavy atom. The molecule has 0 unspecified atom stereocenters. The van der Waals surface area contributed by atoms with Gasteiger partial charge in [-0.25, -0.2) is 0 Å². The minimum absolute atomic E-state index is 0.0488. The molecule has 0 aliphatic carbocycles. The van der Waals surface area contributed by atoms with E-state index in [0.29, 0.717) is 0 Å². The van der Waals surface area contributed by atoms with Gasteiger partial charge in [0.05, 0.1) is 5.69 Å². The van der Waals surface area contributed by atoms with Crippen molar-refractivity contribution in [2.45, 2.75) is 26.7 Å². The number of nitrogens with zero attached hydrogens (tertiary/aromatic N) is 1. The summed E-state index contributed by atoms with van der Waals surface area (Å²) >= 11 is 0. The Kier molecular flexibility index (Phi) is 5.71. The number of benzene rings is 4. The van der Waals surface area contributed by atoms with Crippen LogP contribution in [0.3, 0.4) is 0 Å². The maximum atomic E-state index is 12.7. The largest absolute Gasteiger partial charge is 0.368 e. The average molecular weight is 430 g/mol. The third-order valence-corrected chi connectivity index (χ3v) is 6.29. The van der Waals surface area contributed by atoms with Gasteiger partial charge in [0.2, 0.25) is 5.43 Å². The summed E-state index contributed by atoms with van der Waals surface area (Å²) in [6.07, 6.45) is 2.03. The van der Waals surface area contributed by atoms with E-state index in [4.69, 9.17) is 0 Å². The summed E-state index contributed by atoms with van der Waals surface area (Å²) in [7, 11) is 0. The molecule has 0 aliphatic heterocycles. The van der Waals surface area contributed by atoms with Crippen LogP contribution in [0.5, 0.6) is 0 Å². The highest BCUT2D eigenvalue weighted by atomic mass is 16.1. The Bertz CT molecular complexity index is 1550. The quantitative estimate of drug-likeness (QED) is 0.222. The molecule has 2 nitrogen and oxygen atoms in total. The smallest absolute Gasteiger partial charge is 0.201 e. The Labute approximate surface area is 194 Å². The lowest BCUT2D eigenvalue weighted by Crippen LogP contribution is -2.28. The molecule has 0 bridgehead atoms. The molecule has 0 saturated heterocycles. The molecular weight excluding hydrogens is 402 g/mol. The fraction of sp³-hybridized carbons (Fsp3) is 0.194. The first-order valence-electron chi connectivity index (χ1n) is 11.8. The Morgan fingerprint density at radius 2 is 1.30 bits per heavy atom. The van der Waals surface area contributed by atoms with E-state index in [2.05, 4.69) is 85.2 Å². The van der Waals surface area contributed by atoms with Crippen molar-refractivity contribution in [2.24, 2.45) is 0 Å². The number of rotatable bonds is 5. The van der Waals surface area contributed by atoms with Crippen LogP contribution < -0.4 is 10.3 Å². The summed E-state index contributed by atoms with van der Waals surface area (Å²) in [4.78, 5) is 14.9. The lowest BCUT2D eigenvalue weighted by atomic mass is 9.92. The normalized spacial score (nSPS) is 11.1. The molecule has 5 rings (SSSR count). The van der Waals surface area contributed by atoms with Crippen LogP contribution in [0.4, 0.5) is 5.69 Å². The van der Waals surface area contributed by atoms with Gasteiger partial charge in [-0.1, -0.05) is 74.2 Å². The van der Waals surface area contributed by atoms with Crippen LogP contribution in [0.1, 0.15) is 37.8 Å². The van der Waals surface area contributed by atoms with Gasteiger partial charge in [-0.2, -0.15) is 0 Å². The third-order valence-electron chi connectivity index (χ3n) is 6.29. The van der Waals surface area contributed by atoms with Crippen LogP contribution in [0.25, 0.3) is 32.3 Å². The zero-order valence-electron chi connectivity index (χ0n) is 19.2. The predicted molar refractivity (Wildman–Crippen MR) is 142 cm³/mol. The first-order chi connectivity index (χ1) is 16.2. The van der Waals surface area contributed by atoms with Gasteiger partial charge in [0.25, 0.3) is 0 Å². The second-order valence-electron chi connectivity index (χ2n) is 8.58. The van der Waals surface area contributed by atoms with Gasteiger partial charge >= 0.3 is 0 Å². The second-order valence-corrected chi connectivity index (χ2v) is 8.58. The number of hydrogen-bond donors (Lipinski definition) is 0. The van der Waals surface area contributed by atoms with Crippen LogP contribution in [0.2, 0.25) is 0 Å². The topological polar surface area (TPSA) is 20.3 Å². The first-order valence-corrected chi connectivity index (χ1v) is 11.8. The molecule has 0 aliphatic rings. The van der Waals surface area contributed by atoms with E-state index in [1.807, 2.05) is 18.2 Å². The zero-order chi connectivity index (χ0) is 22.8. The predicted octanol–water partition coefficient (Wildman–Crippen LogP) is 6.97. The molecule has 33 heavy (non-hydrogen) atoms. The Hall–Kier alpha value is -3.83. The van der Waals surface area contributed by atoms with Gasteiger partial charge in [0, 0.05) is 24.2 Å². The van der Waals surface area contributed by atoms with Crippen molar-refractivity contribution in [2.75, 3.05) is 18.0 Å². The molecule has 5 aromatic rings. The summed E-state index contributed by atoms with van der Waals surface area (Å²) in [6, 6.07) is 26.8. The summed E-state index contributed by atoms with van der Waals surface area (Å²) in [5.74, 6) is 6.69. The minimum atomic E-state index is 0.0488. The fourth-order valence-electron chi connectivity index (χ4n) is 4.78. The Morgan fingerprint density at radius 1 is 0.667 bits per heavy atom. The lowest BCUT2D eigenvalue weighted by molar-refractivity contribution is 0.743. The van der Waals surface area contributed by atoms with Gasteiger partial charge in [-0.05, 0) is 75.5 Å². The van der Waals surface area contributed by atoms with Gasteiger partial charge < -0.3 is 4.90 Å². The van der Waals surface area contributed by atoms with Crippen molar-refractivity contribution < 1.29 is 0 Å². The van der Waals surface area contributed by atoms with Crippen molar-refractivity contribution in [1.29, 1.82) is 0 Å². The van der Waals surface area contributed by atoms with Crippen LogP contribution in [0, 0.1) is 11.8 Å². The molecule has 162 valence electrons. The maximum Gasteiger partial charge on any atom is 0.201 e. The Balaban J connectivity index is 1.59. The lowest BCUT2D eigenvalue weighted by Gasteiger charge is -2.22. The molecule has 2 heteroatoms. The van der Waals surface area contributed by atoms with Crippen molar-refractivity contribution in [3.8, 4) is 11.8 Å². The summed E-state index contributed by atoms with van der Waals surface area (Å²) < 4.78 is 0. The van der Waals surface area contributed by atoms with Crippen molar-refractivity contribution >= 4 is 38.0 Å². The van der Waals surface area contributed by atoms with Crippen LogP contribution in [-0.4, -0.2) is 13.1 Å². The molecule has 0 saturated carbocycles. The summed E-state index contributed by atoms with van der Waals surface area (Å²) in [6.45, 7) is 6.06. The SMILES string of the molecule is CCCN(CCC)c1ccc(C#Cc2ccc3ccc4cccc5ccc2c3c45)ccc1=O. The second kappa shape index (κ2) is 8.96. The molecular formula is C31H27NO. The molecule has 0 aromatic heterocycles. The first kappa shape index (κ1) is 21.0. The van der Waals surface area contributed by atoms with Crippen molar-refractivity contribution in [3.63, 3.8) is 0 Å². The van der Waals surface area contributed by atoms with E-state index >= 15 is 0 Å². The molecule has 0 atom stereocenters. The highest BCUT2D eigenvalue weighted by Crippen LogP contribution is 2.35. The van der Waals surface area contributed by atoms with Crippen LogP contribution >= 0.6 is 0 Å². The van der Waals surface area contributed by atoms with E-state index in [-0.39, 0.29) is 5.43 Å². The molecule has 5 aromatic carbocycles. The van der Waals surface area contributed by atoms with E-state index in [9.17, 15) is 4.79 Å². The van der Waals surface area contributed by atoms with Gasteiger partial charge in [-0.3, -0.25) is 4.79 Å². The van der Waals surface area contributed by atoms with E-state index < -0.39 is 0 Å². The third kappa shape index (κ3) is 3.92. The van der Waals surface area contributed by atoms with E-state index in [1.54, 1.807) is 6.07 Å².